The molecule has 0 fully saturated rings. The minimum atomic E-state index is -0.473. The van der Waals surface area contributed by atoms with Gasteiger partial charge in [-0.2, -0.15) is 0 Å². The van der Waals surface area contributed by atoms with Gasteiger partial charge in [0.05, 0.1) is 17.2 Å². The summed E-state index contributed by atoms with van der Waals surface area (Å²) in [5.41, 5.74) is 0.846. The molecule has 0 aliphatic rings. The van der Waals surface area contributed by atoms with Crippen LogP contribution in [0.2, 0.25) is 5.02 Å². The molecular weight excluding hydrogens is 346 g/mol. The van der Waals surface area contributed by atoms with Crippen molar-refractivity contribution in [3.63, 3.8) is 0 Å². The van der Waals surface area contributed by atoms with Gasteiger partial charge in [0.2, 0.25) is 5.91 Å². The first kappa shape index (κ1) is 18.4. The molecule has 0 spiro atoms. The number of hydrogen-bond donors (Lipinski definition) is 1. The Bertz CT molecular complexity index is 707. The Kier molecular flexibility index (Phi) is 7.15. The number of hydrogen-bond acceptors (Lipinski definition) is 4. The second-order valence-corrected chi connectivity index (χ2v) is 6.45. The molecule has 1 N–H and O–H groups in total. The highest BCUT2D eigenvalue weighted by atomic mass is 35.5. The number of carbonyl (C=O) groups is 2. The summed E-state index contributed by atoms with van der Waals surface area (Å²) < 4.78 is 4.91. The van der Waals surface area contributed by atoms with Crippen molar-refractivity contribution < 1.29 is 14.3 Å². The molecule has 2 aromatic carbocycles. The van der Waals surface area contributed by atoms with E-state index in [4.69, 9.17) is 16.3 Å². The van der Waals surface area contributed by atoms with Crippen LogP contribution in [-0.4, -0.2) is 24.2 Å². The Morgan fingerprint density at radius 1 is 1.17 bits per heavy atom. The zero-order chi connectivity index (χ0) is 17.4. The third-order valence-electron chi connectivity index (χ3n) is 3.09. The van der Waals surface area contributed by atoms with Crippen LogP contribution in [0.25, 0.3) is 0 Å². The first-order valence-electron chi connectivity index (χ1n) is 7.54. The number of nitrogens with one attached hydrogen (secondary N) is 1. The van der Waals surface area contributed by atoms with Crippen molar-refractivity contribution in [3.05, 3.63) is 59.1 Å². The van der Waals surface area contributed by atoms with Crippen LogP contribution in [0.3, 0.4) is 0 Å². The lowest BCUT2D eigenvalue weighted by atomic mass is 10.2. The van der Waals surface area contributed by atoms with Gasteiger partial charge in [0.25, 0.3) is 0 Å². The van der Waals surface area contributed by atoms with Crippen LogP contribution in [-0.2, 0) is 9.53 Å². The normalized spacial score (nSPS) is 10.2. The minimum absolute atomic E-state index is 0.0987. The topological polar surface area (TPSA) is 55.4 Å². The Hall–Kier alpha value is -1.98. The summed E-state index contributed by atoms with van der Waals surface area (Å²) in [7, 11) is 0. The Labute approximate surface area is 150 Å². The molecule has 0 aromatic heterocycles. The van der Waals surface area contributed by atoms with Gasteiger partial charge in [-0.3, -0.25) is 4.79 Å². The highest BCUT2D eigenvalue weighted by Crippen LogP contribution is 2.22. The maximum Gasteiger partial charge on any atom is 0.339 e. The van der Waals surface area contributed by atoms with E-state index in [1.807, 2.05) is 30.3 Å². The summed E-state index contributed by atoms with van der Waals surface area (Å²) in [6, 6.07) is 14.7. The fourth-order valence-corrected chi connectivity index (χ4v) is 3.10. The summed E-state index contributed by atoms with van der Waals surface area (Å²) in [4.78, 5) is 24.8. The molecule has 0 bridgehead atoms. The molecule has 0 saturated heterocycles. The van der Waals surface area contributed by atoms with Gasteiger partial charge in [0, 0.05) is 22.8 Å². The molecule has 0 saturated carbocycles. The molecular formula is C18H18ClNO3S. The number of carbonyl (C=O) groups excluding carboxylic acids is 2. The predicted molar refractivity (Wildman–Crippen MR) is 97.8 cm³/mol. The fraction of sp³-hybridized carbons (Fsp3) is 0.222. The molecule has 126 valence electrons. The van der Waals surface area contributed by atoms with Crippen molar-refractivity contribution in [2.24, 2.45) is 0 Å². The zero-order valence-corrected chi connectivity index (χ0v) is 14.8. The summed E-state index contributed by atoms with van der Waals surface area (Å²) in [6.07, 6.45) is 0.386. The third-order valence-corrected chi connectivity index (χ3v) is 4.42. The van der Waals surface area contributed by atoms with E-state index < -0.39 is 5.97 Å². The highest BCUT2D eigenvalue weighted by Gasteiger charge is 2.12. The summed E-state index contributed by atoms with van der Waals surface area (Å²) >= 11 is 7.70. The van der Waals surface area contributed by atoms with Crippen LogP contribution < -0.4 is 5.32 Å². The molecule has 0 heterocycles. The number of ether oxygens (including phenoxy) is 1. The summed E-state index contributed by atoms with van der Waals surface area (Å²) in [5, 5.41) is 3.03. The lowest BCUT2D eigenvalue weighted by Gasteiger charge is -2.08. The van der Waals surface area contributed by atoms with Crippen molar-refractivity contribution >= 4 is 40.9 Å². The van der Waals surface area contributed by atoms with Crippen LogP contribution in [0.5, 0.6) is 0 Å². The van der Waals surface area contributed by atoms with Crippen molar-refractivity contribution in [2.45, 2.75) is 18.2 Å². The smallest absolute Gasteiger partial charge is 0.339 e. The second kappa shape index (κ2) is 9.35. The van der Waals surface area contributed by atoms with Crippen molar-refractivity contribution in [1.82, 2.24) is 0 Å². The maximum absolute atomic E-state index is 12.0. The predicted octanol–water partition coefficient (Wildman–Crippen LogP) is 4.64. The van der Waals surface area contributed by atoms with Crippen LogP contribution >= 0.6 is 23.4 Å². The molecule has 24 heavy (non-hydrogen) atoms. The number of esters is 1. The van der Waals surface area contributed by atoms with E-state index >= 15 is 0 Å². The molecule has 0 aliphatic heterocycles. The van der Waals surface area contributed by atoms with Gasteiger partial charge in [-0.1, -0.05) is 29.8 Å². The van der Waals surface area contributed by atoms with E-state index in [-0.39, 0.29) is 23.1 Å². The molecule has 0 unspecified atom stereocenters. The van der Waals surface area contributed by atoms with Crippen LogP contribution in [0.15, 0.2) is 53.4 Å². The zero-order valence-electron chi connectivity index (χ0n) is 13.3. The monoisotopic (exact) mass is 363 g/mol. The average Bonchev–Trinajstić information content (AvgIpc) is 2.56. The largest absolute Gasteiger partial charge is 0.462 e. The molecule has 2 rings (SSSR count). The van der Waals surface area contributed by atoms with Gasteiger partial charge in [-0.15, -0.1) is 11.8 Å². The second-order valence-electron chi connectivity index (χ2n) is 4.87. The van der Waals surface area contributed by atoms with Gasteiger partial charge < -0.3 is 10.1 Å². The van der Waals surface area contributed by atoms with E-state index in [1.165, 1.54) is 0 Å². The first-order chi connectivity index (χ1) is 11.6. The van der Waals surface area contributed by atoms with E-state index in [0.29, 0.717) is 17.9 Å². The summed E-state index contributed by atoms with van der Waals surface area (Å²) in [6.45, 7) is 2.01. The molecule has 0 atom stereocenters. The lowest BCUT2D eigenvalue weighted by Crippen LogP contribution is -2.12. The van der Waals surface area contributed by atoms with Crippen LogP contribution in [0.1, 0.15) is 23.7 Å². The molecule has 6 heteroatoms. The van der Waals surface area contributed by atoms with Crippen molar-refractivity contribution in [2.75, 3.05) is 17.7 Å². The van der Waals surface area contributed by atoms with Gasteiger partial charge in [-0.25, -0.2) is 4.79 Å². The number of benzene rings is 2. The highest BCUT2D eigenvalue weighted by molar-refractivity contribution is 7.99. The fourth-order valence-electron chi connectivity index (χ4n) is 1.97. The Morgan fingerprint density at radius 2 is 1.92 bits per heavy atom. The van der Waals surface area contributed by atoms with Gasteiger partial charge in [-0.05, 0) is 37.3 Å². The standard InChI is InChI=1S/C18H18ClNO3S/c1-2-23-18(22)15-9-8-13(12-16(15)19)20-17(21)10-11-24-14-6-4-3-5-7-14/h3-9,12H,2,10-11H2,1H3,(H,20,21). The lowest BCUT2D eigenvalue weighted by molar-refractivity contribution is -0.115. The molecule has 4 nitrogen and oxygen atoms in total. The Balaban J connectivity index is 1.85. The van der Waals surface area contributed by atoms with Crippen molar-refractivity contribution in [1.29, 1.82) is 0 Å². The summed E-state index contributed by atoms with van der Waals surface area (Å²) in [5.74, 6) is 0.114. The minimum Gasteiger partial charge on any atom is -0.462 e. The molecule has 0 radical (unpaired) electrons. The van der Waals surface area contributed by atoms with Crippen LogP contribution in [0.4, 0.5) is 5.69 Å². The average molecular weight is 364 g/mol. The Morgan fingerprint density at radius 3 is 2.58 bits per heavy atom. The molecule has 0 aliphatic carbocycles. The number of thioether (sulfide) groups is 1. The molecule has 1 amide bonds. The van der Waals surface area contributed by atoms with Crippen LogP contribution in [0, 0.1) is 0 Å². The maximum atomic E-state index is 12.0. The SMILES string of the molecule is CCOC(=O)c1ccc(NC(=O)CCSc2ccccc2)cc1Cl. The van der Waals surface area contributed by atoms with Crippen molar-refractivity contribution in [3.8, 4) is 0 Å². The third kappa shape index (κ3) is 5.58. The van der Waals surface area contributed by atoms with Gasteiger partial charge in [0.1, 0.15) is 0 Å². The van der Waals surface area contributed by atoms with E-state index in [2.05, 4.69) is 5.32 Å². The number of halogens is 1. The van der Waals surface area contributed by atoms with E-state index in [0.717, 1.165) is 4.90 Å². The van der Waals surface area contributed by atoms with E-state index in [1.54, 1.807) is 36.9 Å². The van der Waals surface area contributed by atoms with Gasteiger partial charge >= 0.3 is 5.97 Å². The van der Waals surface area contributed by atoms with E-state index in [9.17, 15) is 9.59 Å². The number of amides is 1. The number of rotatable bonds is 7. The molecule has 2 aromatic rings. The first-order valence-corrected chi connectivity index (χ1v) is 8.91. The van der Waals surface area contributed by atoms with Gasteiger partial charge in [0.15, 0.2) is 0 Å². The number of anilines is 1. The quantitative estimate of drug-likeness (QED) is 0.575.